The number of nitrogens with zero attached hydrogens (tertiary/aromatic N) is 2. The number of fused-ring (bicyclic) bond motifs is 1. The predicted octanol–water partition coefficient (Wildman–Crippen LogP) is 4.74. The van der Waals surface area contributed by atoms with E-state index >= 15 is 0 Å². The van der Waals surface area contributed by atoms with Gasteiger partial charge in [0.15, 0.2) is 0 Å². The quantitative estimate of drug-likeness (QED) is 0.674. The van der Waals surface area contributed by atoms with E-state index in [1.165, 1.54) is 4.90 Å². The monoisotopic (exact) mass is 376 g/mol. The molecule has 25 heavy (non-hydrogen) atoms. The van der Waals surface area contributed by atoms with Crippen LogP contribution in [0.1, 0.15) is 5.69 Å². The summed E-state index contributed by atoms with van der Waals surface area (Å²) in [4.78, 5) is 18.3. The highest BCUT2D eigenvalue weighted by Gasteiger charge is 2.14. The highest BCUT2D eigenvalue weighted by Crippen LogP contribution is 2.36. The number of halogens is 1. The van der Waals surface area contributed by atoms with Gasteiger partial charge in [-0.3, -0.25) is 4.98 Å². The van der Waals surface area contributed by atoms with Gasteiger partial charge in [0, 0.05) is 13.7 Å². The lowest BCUT2D eigenvalue weighted by Crippen LogP contribution is -2.32. The van der Waals surface area contributed by atoms with E-state index in [9.17, 15) is 9.90 Å². The van der Waals surface area contributed by atoms with Crippen molar-refractivity contribution in [2.75, 3.05) is 20.3 Å². The molecule has 1 amide bonds. The number of amides is 1. The van der Waals surface area contributed by atoms with Gasteiger partial charge < -0.3 is 14.7 Å². The molecular weight excluding hydrogens is 360 g/mol. The molecule has 7 heteroatoms. The minimum atomic E-state index is -0.988. The standard InChI is InChI=1S/C18H17ClN2O3S/c1-24-9-8-21(18(22)23)11-13-5-3-7-15(20-13)16-10-12-4-2-6-14(19)17(12)25-16/h2-7,10H,8-9,11H2,1H3,(H,22,23). The van der Waals surface area contributed by atoms with E-state index in [-0.39, 0.29) is 6.54 Å². The zero-order chi connectivity index (χ0) is 17.8. The van der Waals surface area contributed by atoms with Crippen LogP contribution in [-0.2, 0) is 11.3 Å². The fourth-order valence-electron chi connectivity index (χ4n) is 2.50. The van der Waals surface area contributed by atoms with Gasteiger partial charge >= 0.3 is 6.09 Å². The number of rotatable bonds is 6. The molecular formula is C18H17ClN2O3S. The molecule has 3 rings (SSSR count). The van der Waals surface area contributed by atoms with Crippen molar-refractivity contribution in [3.05, 3.63) is 53.2 Å². The van der Waals surface area contributed by atoms with Crippen LogP contribution in [0.3, 0.4) is 0 Å². The molecule has 130 valence electrons. The summed E-state index contributed by atoms with van der Waals surface area (Å²) in [5, 5.41) is 11.1. The third-order valence-corrected chi connectivity index (χ3v) is 5.38. The molecule has 0 aliphatic rings. The number of methoxy groups -OCH3 is 1. The Balaban J connectivity index is 1.87. The predicted molar refractivity (Wildman–Crippen MR) is 100 cm³/mol. The summed E-state index contributed by atoms with van der Waals surface area (Å²) in [7, 11) is 1.55. The molecule has 2 aromatic heterocycles. The first-order valence-electron chi connectivity index (χ1n) is 7.69. The van der Waals surface area contributed by atoms with Crippen LogP contribution < -0.4 is 0 Å². The van der Waals surface area contributed by atoms with Crippen molar-refractivity contribution in [2.45, 2.75) is 6.54 Å². The van der Waals surface area contributed by atoms with E-state index in [1.807, 2.05) is 36.4 Å². The van der Waals surface area contributed by atoms with Gasteiger partial charge in [0.2, 0.25) is 0 Å². The van der Waals surface area contributed by atoms with E-state index in [1.54, 1.807) is 18.4 Å². The Labute approximate surface area is 154 Å². The average Bonchev–Trinajstić information content (AvgIpc) is 3.04. The van der Waals surface area contributed by atoms with Crippen molar-refractivity contribution in [1.82, 2.24) is 9.88 Å². The van der Waals surface area contributed by atoms with E-state index in [0.29, 0.717) is 18.8 Å². The topological polar surface area (TPSA) is 62.7 Å². The van der Waals surface area contributed by atoms with Gasteiger partial charge in [-0.15, -0.1) is 11.3 Å². The zero-order valence-corrected chi connectivity index (χ0v) is 15.2. The number of pyridine rings is 1. The third kappa shape index (κ3) is 4.10. The maximum atomic E-state index is 11.3. The molecule has 0 bridgehead atoms. The summed E-state index contributed by atoms with van der Waals surface area (Å²) in [5.41, 5.74) is 1.51. The minimum absolute atomic E-state index is 0.220. The second-order valence-corrected chi connectivity index (χ2v) is 6.94. The van der Waals surface area contributed by atoms with Crippen molar-refractivity contribution in [1.29, 1.82) is 0 Å². The Hall–Kier alpha value is -2.15. The summed E-state index contributed by atoms with van der Waals surface area (Å²) >= 11 is 7.83. The summed E-state index contributed by atoms with van der Waals surface area (Å²) in [5.74, 6) is 0. The normalized spacial score (nSPS) is 11.0. The van der Waals surface area contributed by atoms with Crippen LogP contribution in [0.4, 0.5) is 4.79 Å². The molecule has 2 heterocycles. The molecule has 0 fully saturated rings. The molecule has 3 aromatic rings. The number of carbonyl (C=O) groups is 1. The van der Waals surface area contributed by atoms with Gasteiger partial charge in [-0.05, 0) is 29.7 Å². The first kappa shape index (κ1) is 17.7. The van der Waals surface area contributed by atoms with E-state index in [2.05, 4.69) is 11.1 Å². The molecule has 1 aromatic carbocycles. The summed E-state index contributed by atoms with van der Waals surface area (Å²) in [6.07, 6.45) is -0.988. The van der Waals surface area contributed by atoms with Crippen LogP contribution in [0.5, 0.6) is 0 Å². The maximum Gasteiger partial charge on any atom is 0.407 e. The molecule has 1 N–H and O–H groups in total. The highest BCUT2D eigenvalue weighted by molar-refractivity contribution is 7.22. The number of ether oxygens (including phenoxy) is 1. The lowest BCUT2D eigenvalue weighted by molar-refractivity contribution is 0.115. The van der Waals surface area contributed by atoms with Crippen molar-refractivity contribution in [2.24, 2.45) is 0 Å². The van der Waals surface area contributed by atoms with Gasteiger partial charge in [0.05, 0.1) is 39.1 Å². The fourth-order valence-corrected chi connectivity index (χ4v) is 3.83. The SMILES string of the molecule is COCCN(Cc1cccc(-c2cc3cccc(Cl)c3s2)n1)C(=O)O. The first-order valence-corrected chi connectivity index (χ1v) is 8.89. The van der Waals surface area contributed by atoms with Crippen LogP contribution in [0.15, 0.2) is 42.5 Å². The number of hydrogen-bond donors (Lipinski definition) is 1. The molecule has 0 saturated carbocycles. The minimum Gasteiger partial charge on any atom is -0.465 e. The van der Waals surface area contributed by atoms with Crippen LogP contribution in [0.25, 0.3) is 20.7 Å². The summed E-state index contributed by atoms with van der Waals surface area (Å²) < 4.78 is 5.99. The Kier molecular flexibility index (Phi) is 5.53. The number of benzene rings is 1. The van der Waals surface area contributed by atoms with E-state index in [0.717, 1.165) is 25.7 Å². The third-order valence-electron chi connectivity index (χ3n) is 3.74. The molecule has 0 aliphatic heterocycles. The van der Waals surface area contributed by atoms with E-state index < -0.39 is 6.09 Å². The highest BCUT2D eigenvalue weighted by atomic mass is 35.5. The Bertz CT molecular complexity index is 897. The maximum absolute atomic E-state index is 11.3. The van der Waals surface area contributed by atoms with Gasteiger partial charge in [-0.25, -0.2) is 4.79 Å². The van der Waals surface area contributed by atoms with Crippen molar-refractivity contribution in [3.8, 4) is 10.6 Å². The Morgan fingerprint density at radius 1 is 1.32 bits per heavy atom. The molecule has 0 radical (unpaired) electrons. The molecule has 0 spiro atoms. The summed E-state index contributed by atoms with van der Waals surface area (Å²) in [6, 6.07) is 13.5. The van der Waals surface area contributed by atoms with Crippen LogP contribution in [0.2, 0.25) is 5.02 Å². The first-order chi connectivity index (χ1) is 12.1. The fraction of sp³-hybridized carbons (Fsp3) is 0.222. The van der Waals surface area contributed by atoms with Gasteiger partial charge in [0.1, 0.15) is 0 Å². The van der Waals surface area contributed by atoms with Crippen molar-refractivity contribution >= 4 is 39.1 Å². The number of carboxylic acid groups (broad SMARTS) is 1. The summed E-state index contributed by atoms with van der Waals surface area (Å²) in [6.45, 7) is 0.870. The van der Waals surface area contributed by atoms with Crippen molar-refractivity contribution < 1.29 is 14.6 Å². The lowest BCUT2D eigenvalue weighted by atomic mass is 10.2. The molecule has 5 nitrogen and oxygen atoms in total. The molecule has 0 unspecified atom stereocenters. The second-order valence-electron chi connectivity index (χ2n) is 5.48. The number of thiophene rings is 1. The Morgan fingerprint density at radius 2 is 2.12 bits per heavy atom. The second kappa shape index (κ2) is 7.82. The van der Waals surface area contributed by atoms with Gasteiger partial charge in [-0.1, -0.05) is 29.8 Å². The van der Waals surface area contributed by atoms with Gasteiger partial charge in [0.25, 0.3) is 0 Å². The van der Waals surface area contributed by atoms with Crippen LogP contribution >= 0.6 is 22.9 Å². The Morgan fingerprint density at radius 3 is 2.84 bits per heavy atom. The van der Waals surface area contributed by atoms with Crippen LogP contribution in [0, 0.1) is 0 Å². The molecule has 0 atom stereocenters. The van der Waals surface area contributed by atoms with Gasteiger partial charge in [-0.2, -0.15) is 0 Å². The number of aromatic nitrogens is 1. The molecule has 0 saturated heterocycles. The number of hydrogen-bond acceptors (Lipinski definition) is 4. The smallest absolute Gasteiger partial charge is 0.407 e. The zero-order valence-electron chi connectivity index (χ0n) is 13.6. The van der Waals surface area contributed by atoms with Crippen LogP contribution in [-0.4, -0.2) is 41.3 Å². The van der Waals surface area contributed by atoms with E-state index in [4.69, 9.17) is 16.3 Å². The molecule has 0 aliphatic carbocycles. The lowest BCUT2D eigenvalue weighted by Gasteiger charge is -2.18. The average molecular weight is 377 g/mol. The van der Waals surface area contributed by atoms with Crippen molar-refractivity contribution in [3.63, 3.8) is 0 Å². The largest absolute Gasteiger partial charge is 0.465 e.